The highest BCUT2D eigenvalue weighted by Crippen LogP contribution is 2.42. The van der Waals surface area contributed by atoms with Crippen LogP contribution in [0.15, 0.2) is 0 Å². The van der Waals surface area contributed by atoms with E-state index in [4.69, 9.17) is 34.1 Å². The van der Waals surface area contributed by atoms with Crippen LogP contribution in [0.4, 0.5) is 0 Å². The molecule has 0 saturated carbocycles. The molecule has 0 aliphatic heterocycles. The van der Waals surface area contributed by atoms with Gasteiger partial charge in [0.2, 0.25) is 0 Å². The maximum Gasteiger partial charge on any atom is 0.469 e. The van der Waals surface area contributed by atoms with Crippen molar-refractivity contribution >= 4 is 23.5 Å². The van der Waals surface area contributed by atoms with Crippen LogP contribution in [-0.2, 0) is 32.0 Å². The van der Waals surface area contributed by atoms with Crippen molar-refractivity contribution in [1.82, 2.24) is 0 Å². The molecular formula is C10H25O16P3. The highest BCUT2D eigenvalue weighted by atomic mass is 31.2. The normalized spacial score (nSPS) is 14.4. The summed E-state index contributed by atoms with van der Waals surface area (Å²) in [7, 11) is -15.0. The third kappa shape index (κ3) is 13.2. The Balaban J connectivity index is 5.26. The van der Waals surface area contributed by atoms with Crippen LogP contribution in [0.3, 0.4) is 0 Å². The molecule has 0 radical (unpaired) electrons. The Bertz CT molecular complexity index is 590. The van der Waals surface area contributed by atoms with Gasteiger partial charge in [0.1, 0.15) is 0 Å². The van der Waals surface area contributed by atoms with E-state index in [0.29, 0.717) is 0 Å². The highest BCUT2D eigenvalue weighted by molar-refractivity contribution is 7.46. The van der Waals surface area contributed by atoms with Crippen LogP contribution in [0.5, 0.6) is 0 Å². The first-order valence-electron chi connectivity index (χ1n) is 7.52. The van der Waals surface area contributed by atoms with Crippen LogP contribution in [-0.4, -0.2) is 97.5 Å². The summed E-state index contributed by atoms with van der Waals surface area (Å²) in [6.07, 6.45) is 0. The first-order chi connectivity index (χ1) is 13.0. The van der Waals surface area contributed by atoms with E-state index in [-0.39, 0.29) is 0 Å². The van der Waals surface area contributed by atoms with Crippen LogP contribution in [0.25, 0.3) is 0 Å². The third-order valence-electron chi connectivity index (χ3n) is 3.44. The lowest BCUT2D eigenvalue weighted by atomic mass is 9.91. The molecule has 29 heavy (non-hydrogen) atoms. The predicted octanol–water partition coefficient (Wildman–Crippen LogP) is -2.72. The topological polar surface area (TPSA) is 270 Å². The van der Waals surface area contributed by atoms with Crippen molar-refractivity contribution in [3.63, 3.8) is 0 Å². The zero-order valence-corrected chi connectivity index (χ0v) is 17.6. The molecule has 0 heterocycles. The molecule has 9 N–H and O–H groups in total. The molecule has 16 nitrogen and oxygen atoms in total. The third-order valence-corrected chi connectivity index (χ3v) is 4.84. The summed E-state index contributed by atoms with van der Waals surface area (Å²) in [5, 5.41) is 28.4. The minimum atomic E-state index is -5.05. The SMILES string of the molecule is O=P(O)(O)OCC(CO)(CO)COCC(CO)(COP(=O)(O)O)COP(=O)(O)O. The van der Waals surface area contributed by atoms with E-state index >= 15 is 0 Å². The van der Waals surface area contributed by atoms with Crippen LogP contribution < -0.4 is 0 Å². The lowest BCUT2D eigenvalue weighted by Gasteiger charge is -2.34. The molecule has 0 aromatic rings. The summed E-state index contributed by atoms with van der Waals surface area (Å²) >= 11 is 0. The lowest BCUT2D eigenvalue weighted by molar-refractivity contribution is -0.0995. The summed E-state index contributed by atoms with van der Waals surface area (Å²) in [4.78, 5) is 52.6. The number of ether oxygens (including phenoxy) is 1. The number of aliphatic hydroxyl groups is 3. The van der Waals surface area contributed by atoms with Gasteiger partial charge in [-0.05, 0) is 0 Å². The first-order valence-corrected chi connectivity index (χ1v) is 12.1. The van der Waals surface area contributed by atoms with Crippen molar-refractivity contribution < 1.29 is 76.7 Å². The molecule has 0 atom stereocenters. The zero-order valence-electron chi connectivity index (χ0n) is 14.9. The number of phosphoric ester groups is 3. The maximum atomic E-state index is 10.9. The fourth-order valence-electron chi connectivity index (χ4n) is 1.68. The molecule has 0 bridgehead atoms. The fourth-order valence-corrected chi connectivity index (χ4v) is 3.01. The Morgan fingerprint density at radius 3 is 1.07 bits per heavy atom. The first kappa shape index (κ1) is 29.2. The van der Waals surface area contributed by atoms with Gasteiger partial charge in [0.05, 0.1) is 63.7 Å². The van der Waals surface area contributed by atoms with Gasteiger partial charge in [0.15, 0.2) is 0 Å². The van der Waals surface area contributed by atoms with Gasteiger partial charge in [-0.25, -0.2) is 13.7 Å². The Morgan fingerprint density at radius 1 is 0.517 bits per heavy atom. The van der Waals surface area contributed by atoms with Crippen LogP contribution in [0, 0.1) is 10.8 Å². The fraction of sp³-hybridized carbons (Fsp3) is 1.00. The summed E-state index contributed by atoms with van der Waals surface area (Å²) in [6, 6.07) is 0. The molecule has 176 valence electrons. The Kier molecular flexibility index (Phi) is 11.8. The largest absolute Gasteiger partial charge is 0.469 e. The number of phosphoric acid groups is 3. The van der Waals surface area contributed by atoms with E-state index in [0.717, 1.165) is 0 Å². The average Bonchev–Trinajstić information content (AvgIpc) is 2.58. The second-order valence-electron chi connectivity index (χ2n) is 6.26. The Morgan fingerprint density at radius 2 is 0.793 bits per heavy atom. The van der Waals surface area contributed by atoms with E-state index in [1.165, 1.54) is 0 Å². The molecule has 19 heteroatoms. The van der Waals surface area contributed by atoms with Gasteiger partial charge in [-0.15, -0.1) is 0 Å². The highest BCUT2D eigenvalue weighted by Gasteiger charge is 2.39. The lowest BCUT2D eigenvalue weighted by Crippen LogP contribution is -2.44. The van der Waals surface area contributed by atoms with E-state index in [9.17, 15) is 29.0 Å². The summed E-state index contributed by atoms with van der Waals surface area (Å²) in [5.74, 6) is 0. The Hall–Kier alpha value is 0.170. The molecule has 0 aromatic carbocycles. The predicted molar refractivity (Wildman–Crippen MR) is 90.9 cm³/mol. The van der Waals surface area contributed by atoms with E-state index in [1.54, 1.807) is 0 Å². The smallest absolute Gasteiger partial charge is 0.396 e. The second-order valence-corrected chi connectivity index (χ2v) is 9.98. The van der Waals surface area contributed by atoms with Gasteiger partial charge in [-0.2, -0.15) is 0 Å². The molecule has 0 aromatic heterocycles. The molecule has 0 unspecified atom stereocenters. The van der Waals surface area contributed by atoms with Gasteiger partial charge in [-0.3, -0.25) is 13.6 Å². The van der Waals surface area contributed by atoms with Crippen LogP contribution in [0.1, 0.15) is 0 Å². The molecule has 0 amide bonds. The number of hydrogen-bond acceptors (Lipinski definition) is 10. The molecule has 0 rings (SSSR count). The molecule has 0 aliphatic carbocycles. The van der Waals surface area contributed by atoms with Gasteiger partial charge >= 0.3 is 23.5 Å². The van der Waals surface area contributed by atoms with Crippen LogP contribution in [0.2, 0.25) is 0 Å². The molecule has 0 saturated heterocycles. The molecular weight excluding hydrogens is 469 g/mol. The minimum Gasteiger partial charge on any atom is -0.396 e. The van der Waals surface area contributed by atoms with Crippen molar-refractivity contribution in [1.29, 1.82) is 0 Å². The quantitative estimate of drug-likeness (QED) is 0.0986. The van der Waals surface area contributed by atoms with Crippen molar-refractivity contribution in [3.8, 4) is 0 Å². The summed E-state index contributed by atoms with van der Waals surface area (Å²) < 4.78 is 50.5. The minimum absolute atomic E-state index is 0.645. The standard InChI is InChI=1S/C10H25O16P3/c11-1-9(2-12,6-24-27(14,15)16)4-23-5-10(3-13,7-25-28(17,18)19)8-26-29(20,21)22/h11-13H,1-8H2,(H2,14,15,16)(H2,17,18,19)(H2,20,21,22). The summed E-state index contributed by atoms with van der Waals surface area (Å²) in [5.41, 5.74) is -3.63. The van der Waals surface area contributed by atoms with E-state index < -0.39 is 87.2 Å². The van der Waals surface area contributed by atoms with Crippen molar-refractivity contribution in [2.75, 3.05) is 52.9 Å². The molecule has 0 spiro atoms. The van der Waals surface area contributed by atoms with E-state index in [1.807, 2.05) is 0 Å². The number of hydrogen-bond donors (Lipinski definition) is 9. The maximum absolute atomic E-state index is 10.9. The zero-order chi connectivity index (χ0) is 23.0. The number of aliphatic hydroxyl groups excluding tert-OH is 3. The molecule has 0 fully saturated rings. The van der Waals surface area contributed by atoms with Crippen molar-refractivity contribution in [3.05, 3.63) is 0 Å². The van der Waals surface area contributed by atoms with E-state index in [2.05, 4.69) is 13.6 Å². The monoisotopic (exact) mass is 494 g/mol. The van der Waals surface area contributed by atoms with Gasteiger partial charge in [0.25, 0.3) is 0 Å². The van der Waals surface area contributed by atoms with Gasteiger partial charge in [-0.1, -0.05) is 0 Å². The van der Waals surface area contributed by atoms with Crippen molar-refractivity contribution in [2.24, 2.45) is 10.8 Å². The van der Waals surface area contributed by atoms with Crippen LogP contribution >= 0.6 is 23.5 Å². The average molecular weight is 494 g/mol. The Labute approximate surface area is 164 Å². The number of rotatable bonds is 16. The van der Waals surface area contributed by atoms with Gasteiger partial charge < -0.3 is 49.4 Å². The summed E-state index contributed by atoms with van der Waals surface area (Å²) in [6.45, 7) is -6.89. The second kappa shape index (κ2) is 11.7. The van der Waals surface area contributed by atoms with Crippen molar-refractivity contribution in [2.45, 2.75) is 0 Å². The van der Waals surface area contributed by atoms with Gasteiger partial charge in [0, 0.05) is 0 Å². The molecule has 0 aliphatic rings.